The third kappa shape index (κ3) is 6.61. The van der Waals surface area contributed by atoms with Crippen LogP contribution in [-0.2, 0) is 21.9 Å². The predicted octanol–water partition coefficient (Wildman–Crippen LogP) is 3.73. The molecular weight excluding hydrogens is 448 g/mol. The number of aryl methyl sites for hydroxylation is 1. The number of aromatic nitrogens is 5. The van der Waals surface area contributed by atoms with Crippen molar-refractivity contribution in [3.8, 4) is 17.1 Å². The molecule has 1 amide bonds. The first-order chi connectivity index (χ1) is 16.2. The van der Waals surface area contributed by atoms with E-state index >= 15 is 0 Å². The van der Waals surface area contributed by atoms with E-state index in [4.69, 9.17) is 9.47 Å². The molecule has 0 aromatic carbocycles. The van der Waals surface area contributed by atoms with Gasteiger partial charge in [-0.05, 0) is 12.5 Å². The lowest BCUT2D eigenvalue weighted by Gasteiger charge is -2.16. The molecule has 0 aliphatic rings. The molecule has 180 valence electrons. The maximum absolute atomic E-state index is 13.9. The third-order valence-corrected chi connectivity index (χ3v) is 4.46. The molecule has 0 aliphatic heterocycles. The molecule has 0 atom stereocenters. The zero-order valence-corrected chi connectivity index (χ0v) is 19.2. The highest BCUT2D eigenvalue weighted by Crippen LogP contribution is 2.32. The van der Waals surface area contributed by atoms with Gasteiger partial charge in [-0.2, -0.15) is 8.78 Å². The molecule has 0 bridgehead atoms. The van der Waals surface area contributed by atoms with E-state index in [2.05, 4.69) is 35.8 Å². The Labute approximate surface area is 195 Å². The van der Waals surface area contributed by atoms with E-state index in [0.717, 1.165) is 6.92 Å². The maximum Gasteiger partial charge on any atom is 0.303 e. The van der Waals surface area contributed by atoms with Gasteiger partial charge in [-0.15, -0.1) is 10.2 Å². The molecule has 0 saturated carbocycles. The van der Waals surface area contributed by atoms with Crippen LogP contribution in [0.4, 0.5) is 26.1 Å². The van der Waals surface area contributed by atoms with Gasteiger partial charge in [0, 0.05) is 56.6 Å². The largest absolute Gasteiger partial charge is 0.474 e. The number of carbonyl (C=O) groups is 1. The van der Waals surface area contributed by atoms with Crippen LogP contribution in [0.25, 0.3) is 11.3 Å². The first-order valence-electron chi connectivity index (χ1n) is 10.5. The van der Waals surface area contributed by atoms with Crippen LogP contribution < -0.4 is 15.4 Å². The van der Waals surface area contributed by atoms with Gasteiger partial charge in [-0.1, -0.05) is 6.92 Å². The summed E-state index contributed by atoms with van der Waals surface area (Å²) in [5, 5.41) is 13.8. The van der Waals surface area contributed by atoms with E-state index in [0.29, 0.717) is 48.2 Å². The van der Waals surface area contributed by atoms with Crippen molar-refractivity contribution in [3.05, 3.63) is 42.0 Å². The number of methoxy groups -OCH3 is 1. The lowest BCUT2D eigenvalue weighted by atomic mass is 10.1. The highest BCUT2D eigenvalue weighted by molar-refractivity contribution is 5.89. The van der Waals surface area contributed by atoms with E-state index in [1.807, 2.05) is 6.92 Å². The van der Waals surface area contributed by atoms with Crippen LogP contribution in [-0.4, -0.2) is 51.4 Å². The summed E-state index contributed by atoms with van der Waals surface area (Å²) in [6.07, 6.45) is 1.93. The molecule has 0 spiro atoms. The quantitative estimate of drug-likeness (QED) is 0.424. The predicted molar refractivity (Wildman–Crippen MR) is 121 cm³/mol. The van der Waals surface area contributed by atoms with Crippen molar-refractivity contribution in [3.63, 3.8) is 0 Å². The second kappa shape index (κ2) is 10.9. The van der Waals surface area contributed by atoms with Crippen LogP contribution in [0.15, 0.2) is 30.5 Å². The molecular formula is C22H25F2N7O3. The van der Waals surface area contributed by atoms with E-state index in [9.17, 15) is 13.6 Å². The van der Waals surface area contributed by atoms with Crippen molar-refractivity contribution in [2.75, 3.05) is 31.0 Å². The molecule has 3 aromatic heterocycles. The highest BCUT2D eigenvalue weighted by atomic mass is 19.3. The summed E-state index contributed by atoms with van der Waals surface area (Å²) in [4.78, 5) is 23.6. The number of rotatable bonds is 10. The van der Waals surface area contributed by atoms with Gasteiger partial charge in [0.2, 0.25) is 17.6 Å². The Bertz CT molecular complexity index is 1140. The first kappa shape index (κ1) is 24.8. The molecule has 12 heteroatoms. The smallest absolute Gasteiger partial charge is 0.303 e. The van der Waals surface area contributed by atoms with Gasteiger partial charge in [0.15, 0.2) is 0 Å². The van der Waals surface area contributed by atoms with Gasteiger partial charge in [0.25, 0.3) is 0 Å². The number of amides is 1. The standard InChI is InChI=1S/C22H25F2N7O3/c1-5-14-10-19(29-21(27-14)22(3,23)24)28-17-11-18(26-13(2)32)25-12-15(17)16-6-7-20(31-30-16)34-9-8-33-4/h6-7,10-12H,5,8-9H2,1-4H3,(H2,25,26,27,28,29,32). The second-order valence-corrected chi connectivity index (χ2v) is 7.33. The van der Waals surface area contributed by atoms with Crippen LogP contribution in [0.3, 0.4) is 0 Å². The monoisotopic (exact) mass is 473 g/mol. The molecule has 0 saturated heterocycles. The topological polar surface area (TPSA) is 124 Å². The number of hydrogen-bond acceptors (Lipinski definition) is 9. The highest BCUT2D eigenvalue weighted by Gasteiger charge is 2.29. The molecule has 0 radical (unpaired) electrons. The molecule has 2 N–H and O–H groups in total. The minimum Gasteiger partial charge on any atom is -0.474 e. The lowest BCUT2D eigenvalue weighted by Crippen LogP contribution is -2.15. The van der Waals surface area contributed by atoms with Gasteiger partial charge in [-0.25, -0.2) is 15.0 Å². The number of nitrogens with zero attached hydrogens (tertiary/aromatic N) is 5. The number of nitrogens with one attached hydrogen (secondary N) is 2. The normalized spacial score (nSPS) is 11.2. The molecule has 0 aliphatic carbocycles. The van der Waals surface area contributed by atoms with Gasteiger partial charge in [0.1, 0.15) is 18.2 Å². The lowest BCUT2D eigenvalue weighted by molar-refractivity contribution is -0.114. The Morgan fingerprint density at radius 3 is 2.53 bits per heavy atom. The first-order valence-corrected chi connectivity index (χ1v) is 10.5. The molecule has 34 heavy (non-hydrogen) atoms. The molecule has 10 nitrogen and oxygen atoms in total. The number of alkyl halides is 2. The summed E-state index contributed by atoms with van der Waals surface area (Å²) in [6, 6.07) is 6.45. The van der Waals surface area contributed by atoms with E-state index in [1.54, 1.807) is 31.4 Å². The summed E-state index contributed by atoms with van der Waals surface area (Å²) in [5.41, 5.74) is 1.82. The maximum atomic E-state index is 13.9. The van der Waals surface area contributed by atoms with Crippen molar-refractivity contribution < 1.29 is 23.0 Å². The van der Waals surface area contributed by atoms with Crippen LogP contribution >= 0.6 is 0 Å². The Morgan fingerprint density at radius 2 is 1.91 bits per heavy atom. The summed E-state index contributed by atoms with van der Waals surface area (Å²) in [5.74, 6) is -3.38. The molecule has 0 unspecified atom stereocenters. The average Bonchev–Trinajstić information content (AvgIpc) is 2.79. The minimum absolute atomic E-state index is 0.164. The Balaban J connectivity index is 1.99. The third-order valence-electron chi connectivity index (χ3n) is 4.46. The summed E-state index contributed by atoms with van der Waals surface area (Å²) < 4.78 is 38.3. The molecule has 3 aromatic rings. The van der Waals surface area contributed by atoms with Crippen LogP contribution in [0.1, 0.15) is 32.3 Å². The summed E-state index contributed by atoms with van der Waals surface area (Å²) in [7, 11) is 1.57. The van der Waals surface area contributed by atoms with Crippen molar-refractivity contribution in [1.29, 1.82) is 0 Å². The van der Waals surface area contributed by atoms with Crippen molar-refractivity contribution in [2.45, 2.75) is 33.1 Å². The summed E-state index contributed by atoms with van der Waals surface area (Å²) >= 11 is 0. The Hall–Kier alpha value is -3.80. The summed E-state index contributed by atoms with van der Waals surface area (Å²) in [6.45, 7) is 4.63. The Morgan fingerprint density at radius 1 is 1.12 bits per heavy atom. The van der Waals surface area contributed by atoms with Crippen LogP contribution in [0.5, 0.6) is 5.88 Å². The molecule has 3 rings (SSSR count). The van der Waals surface area contributed by atoms with Crippen molar-refractivity contribution in [2.24, 2.45) is 0 Å². The van der Waals surface area contributed by atoms with Crippen molar-refractivity contribution in [1.82, 2.24) is 25.1 Å². The van der Waals surface area contributed by atoms with Crippen molar-refractivity contribution >= 4 is 23.2 Å². The number of pyridine rings is 1. The number of halogens is 2. The van der Waals surface area contributed by atoms with Gasteiger partial charge >= 0.3 is 5.92 Å². The number of hydrogen-bond donors (Lipinski definition) is 2. The van der Waals surface area contributed by atoms with Crippen LogP contribution in [0.2, 0.25) is 0 Å². The van der Waals surface area contributed by atoms with Gasteiger partial charge in [-0.3, -0.25) is 4.79 Å². The second-order valence-electron chi connectivity index (χ2n) is 7.33. The number of ether oxygens (including phenoxy) is 2. The SMILES string of the molecule is CCc1cc(Nc2cc(NC(C)=O)ncc2-c2ccc(OCCOC)nn2)nc(C(C)(F)F)n1. The zero-order chi connectivity index (χ0) is 24.7. The molecule has 0 fully saturated rings. The minimum atomic E-state index is -3.21. The van der Waals surface area contributed by atoms with Gasteiger partial charge in [0.05, 0.1) is 18.0 Å². The fourth-order valence-corrected chi connectivity index (χ4v) is 2.86. The number of anilines is 3. The number of carbonyl (C=O) groups excluding carboxylic acids is 1. The molecule has 3 heterocycles. The van der Waals surface area contributed by atoms with Gasteiger partial charge < -0.3 is 20.1 Å². The van der Waals surface area contributed by atoms with E-state index in [1.165, 1.54) is 13.1 Å². The zero-order valence-electron chi connectivity index (χ0n) is 19.2. The Kier molecular flexibility index (Phi) is 7.95. The fourth-order valence-electron chi connectivity index (χ4n) is 2.86. The van der Waals surface area contributed by atoms with E-state index < -0.39 is 11.7 Å². The average molecular weight is 473 g/mol. The fraction of sp³-hybridized carbons (Fsp3) is 0.364. The van der Waals surface area contributed by atoms with E-state index in [-0.39, 0.29) is 17.5 Å². The van der Waals surface area contributed by atoms with Crippen LogP contribution in [0, 0.1) is 0 Å².